The van der Waals surface area contributed by atoms with Gasteiger partial charge in [0.25, 0.3) is 5.91 Å². The van der Waals surface area contributed by atoms with Gasteiger partial charge >= 0.3 is 0 Å². The van der Waals surface area contributed by atoms with Crippen LogP contribution in [0.2, 0.25) is 0 Å². The van der Waals surface area contributed by atoms with Crippen LogP contribution in [0.5, 0.6) is 0 Å². The SMILES string of the molecule is CCN(CC)Cc1c(C(=O)NN=Cc2ccccn2)nnn1-c1nonc1N. The van der Waals surface area contributed by atoms with E-state index in [2.05, 4.69) is 45.7 Å². The second-order valence-electron chi connectivity index (χ2n) is 5.68. The van der Waals surface area contributed by atoms with E-state index in [9.17, 15) is 4.79 Å². The Labute approximate surface area is 160 Å². The Bertz CT molecular complexity index is 946. The molecule has 28 heavy (non-hydrogen) atoms. The van der Waals surface area contributed by atoms with Gasteiger partial charge < -0.3 is 5.73 Å². The summed E-state index contributed by atoms with van der Waals surface area (Å²) in [5.74, 6) is -0.299. The van der Waals surface area contributed by atoms with Crippen molar-refractivity contribution in [3.05, 3.63) is 41.5 Å². The second kappa shape index (κ2) is 8.81. The molecule has 0 aliphatic rings. The first-order chi connectivity index (χ1) is 13.6. The molecule has 0 bridgehead atoms. The lowest BCUT2D eigenvalue weighted by Crippen LogP contribution is -2.27. The molecule has 0 atom stereocenters. The number of nitrogen functional groups attached to an aromatic ring is 1. The summed E-state index contributed by atoms with van der Waals surface area (Å²) in [6, 6.07) is 5.37. The molecule has 0 saturated carbocycles. The first kappa shape index (κ1) is 19.1. The third kappa shape index (κ3) is 4.17. The van der Waals surface area contributed by atoms with Crippen molar-refractivity contribution in [2.45, 2.75) is 20.4 Å². The van der Waals surface area contributed by atoms with Crippen molar-refractivity contribution < 1.29 is 9.42 Å². The standard InChI is InChI=1S/C16H20N10O2/c1-3-25(4-2)10-12-13(20-24-26(12)15-14(17)22-28-23-15)16(27)21-19-9-11-7-5-6-8-18-11/h5-9H,3-4,10H2,1-2H3,(H2,17,22)(H,21,27). The van der Waals surface area contributed by atoms with Crippen LogP contribution in [-0.2, 0) is 6.54 Å². The average Bonchev–Trinajstić information content (AvgIpc) is 3.32. The molecule has 3 heterocycles. The second-order valence-corrected chi connectivity index (χ2v) is 5.68. The molecule has 0 fully saturated rings. The molecule has 3 aromatic rings. The van der Waals surface area contributed by atoms with E-state index in [0.29, 0.717) is 17.9 Å². The molecule has 3 rings (SSSR count). The minimum atomic E-state index is -0.518. The summed E-state index contributed by atoms with van der Waals surface area (Å²) >= 11 is 0. The highest BCUT2D eigenvalue weighted by molar-refractivity contribution is 5.94. The van der Waals surface area contributed by atoms with Crippen LogP contribution < -0.4 is 11.2 Å². The van der Waals surface area contributed by atoms with Crippen molar-refractivity contribution in [3.8, 4) is 5.82 Å². The van der Waals surface area contributed by atoms with Gasteiger partial charge in [-0.2, -0.15) is 9.78 Å². The largest absolute Gasteiger partial charge is 0.378 e. The number of nitrogens with one attached hydrogen (secondary N) is 1. The number of carbonyl (C=O) groups excluding carboxylic acids is 1. The molecule has 3 N–H and O–H groups in total. The zero-order valence-corrected chi connectivity index (χ0v) is 15.5. The minimum absolute atomic E-state index is 0.0471. The fourth-order valence-corrected chi connectivity index (χ4v) is 2.45. The normalized spacial score (nSPS) is 11.4. The molecule has 1 amide bonds. The predicted octanol–water partition coefficient (Wildman–Crippen LogP) is 0.233. The summed E-state index contributed by atoms with van der Waals surface area (Å²) in [5.41, 5.74) is 9.41. The molecule has 146 valence electrons. The van der Waals surface area contributed by atoms with Crippen LogP contribution in [0.1, 0.15) is 35.7 Å². The molecule has 0 unspecified atom stereocenters. The minimum Gasteiger partial charge on any atom is -0.378 e. The van der Waals surface area contributed by atoms with Gasteiger partial charge in [0.15, 0.2) is 5.69 Å². The molecule has 0 aliphatic heterocycles. The van der Waals surface area contributed by atoms with Gasteiger partial charge in [-0.15, -0.1) is 5.10 Å². The van der Waals surface area contributed by atoms with E-state index < -0.39 is 5.91 Å². The lowest BCUT2D eigenvalue weighted by atomic mass is 10.2. The van der Waals surface area contributed by atoms with E-state index in [-0.39, 0.29) is 17.3 Å². The number of nitrogens with two attached hydrogens (primary N) is 1. The van der Waals surface area contributed by atoms with Gasteiger partial charge in [-0.1, -0.05) is 25.1 Å². The van der Waals surface area contributed by atoms with Crippen LogP contribution in [0.25, 0.3) is 5.82 Å². The van der Waals surface area contributed by atoms with E-state index in [1.165, 1.54) is 10.9 Å². The van der Waals surface area contributed by atoms with Crippen LogP contribution in [0.4, 0.5) is 5.82 Å². The van der Waals surface area contributed by atoms with Crippen LogP contribution >= 0.6 is 0 Å². The van der Waals surface area contributed by atoms with Gasteiger partial charge in [0.05, 0.1) is 17.6 Å². The number of aromatic nitrogens is 6. The lowest BCUT2D eigenvalue weighted by Gasteiger charge is -2.18. The number of nitrogens with zero attached hydrogens (tertiary/aromatic N) is 8. The Hall–Kier alpha value is -3.67. The maximum Gasteiger partial charge on any atom is 0.293 e. The van der Waals surface area contributed by atoms with Crippen molar-refractivity contribution in [1.82, 2.24) is 40.6 Å². The quantitative estimate of drug-likeness (QED) is 0.410. The zero-order chi connectivity index (χ0) is 19.9. The summed E-state index contributed by atoms with van der Waals surface area (Å²) in [7, 11) is 0. The van der Waals surface area contributed by atoms with E-state index in [0.717, 1.165) is 13.1 Å². The Morgan fingerprint density at radius 3 is 2.82 bits per heavy atom. The van der Waals surface area contributed by atoms with Crippen LogP contribution in [0.15, 0.2) is 34.1 Å². The van der Waals surface area contributed by atoms with Gasteiger partial charge in [-0.05, 0) is 35.5 Å². The summed E-state index contributed by atoms with van der Waals surface area (Å²) in [6.07, 6.45) is 3.07. The number of hydrogen-bond acceptors (Lipinski definition) is 10. The first-order valence-electron chi connectivity index (χ1n) is 8.63. The van der Waals surface area contributed by atoms with Crippen molar-refractivity contribution in [3.63, 3.8) is 0 Å². The Balaban J connectivity index is 1.87. The van der Waals surface area contributed by atoms with Crippen molar-refractivity contribution in [1.29, 1.82) is 0 Å². The Kier molecular flexibility index (Phi) is 6.01. The van der Waals surface area contributed by atoms with Gasteiger partial charge in [0.2, 0.25) is 11.6 Å². The number of carbonyl (C=O) groups is 1. The maximum atomic E-state index is 12.6. The van der Waals surface area contributed by atoms with Crippen molar-refractivity contribution in [2.75, 3.05) is 18.8 Å². The molecule has 3 aromatic heterocycles. The Morgan fingerprint density at radius 2 is 2.18 bits per heavy atom. The van der Waals surface area contributed by atoms with Crippen molar-refractivity contribution >= 4 is 17.9 Å². The number of hydrogen-bond donors (Lipinski definition) is 2. The van der Waals surface area contributed by atoms with E-state index in [1.54, 1.807) is 18.3 Å². The predicted molar refractivity (Wildman–Crippen MR) is 99.5 cm³/mol. The van der Waals surface area contributed by atoms with Crippen LogP contribution in [-0.4, -0.2) is 60.4 Å². The summed E-state index contributed by atoms with van der Waals surface area (Å²) in [4.78, 5) is 18.8. The maximum absolute atomic E-state index is 12.6. The van der Waals surface area contributed by atoms with Crippen LogP contribution in [0, 0.1) is 0 Å². The van der Waals surface area contributed by atoms with Crippen LogP contribution in [0.3, 0.4) is 0 Å². The third-order valence-electron chi connectivity index (χ3n) is 3.99. The summed E-state index contributed by atoms with van der Waals surface area (Å²) < 4.78 is 5.99. The molecule has 0 aromatic carbocycles. The average molecular weight is 384 g/mol. The summed E-state index contributed by atoms with van der Waals surface area (Å²) in [6.45, 7) is 5.97. The van der Waals surface area contributed by atoms with Gasteiger partial charge in [0.1, 0.15) is 0 Å². The van der Waals surface area contributed by atoms with Gasteiger partial charge in [-0.25, -0.2) is 10.1 Å². The first-order valence-corrected chi connectivity index (χ1v) is 8.63. The molecule has 0 spiro atoms. The number of amides is 1. The van der Waals surface area contributed by atoms with Gasteiger partial charge in [-0.3, -0.25) is 14.7 Å². The Morgan fingerprint density at radius 1 is 1.36 bits per heavy atom. The lowest BCUT2D eigenvalue weighted by molar-refractivity contribution is 0.0948. The number of anilines is 1. The highest BCUT2D eigenvalue weighted by atomic mass is 16.6. The molecule has 0 aliphatic carbocycles. The molecule has 12 heteroatoms. The van der Waals surface area contributed by atoms with E-state index in [4.69, 9.17) is 5.73 Å². The number of pyridine rings is 1. The van der Waals surface area contributed by atoms with E-state index >= 15 is 0 Å². The fourth-order valence-electron chi connectivity index (χ4n) is 2.45. The zero-order valence-electron chi connectivity index (χ0n) is 15.5. The van der Waals surface area contributed by atoms with Gasteiger partial charge in [0, 0.05) is 12.7 Å². The molecule has 0 saturated heterocycles. The molecule has 12 nitrogen and oxygen atoms in total. The summed E-state index contributed by atoms with van der Waals surface area (Å²) in [5, 5.41) is 19.2. The highest BCUT2D eigenvalue weighted by Gasteiger charge is 2.24. The molecular formula is C16H20N10O2. The monoisotopic (exact) mass is 384 g/mol. The smallest absolute Gasteiger partial charge is 0.293 e. The van der Waals surface area contributed by atoms with E-state index in [1.807, 2.05) is 19.9 Å². The fraction of sp³-hybridized carbons (Fsp3) is 0.312. The molecular weight excluding hydrogens is 364 g/mol. The number of hydrazone groups is 1. The topological polar surface area (TPSA) is 153 Å². The highest BCUT2D eigenvalue weighted by Crippen LogP contribution is 2.17. The van der Waals surface area contributed by atoms with Crippen molar-refractivity contribution in [2.24, 2.45) is 5.10 Å². The third-order valence-corrected chi connectivity index (χ3v) is 3.99. The molecule has 0 radical (unpaired) electrons. The number of rotatable bonds is 8.